The first-order valence-corrected chi connectivity index (χ1v) is 5.42. The molecule has 0 saturated heterocycles. The maximum absolute atomic E-state index is 11.9. The van der Waals surface area contributed by atoms with Gasteiger partial charge in [-0.2, -0.15) is 0 Å². The molecule has 98 valence electrons. The van der Waals surface area contributed by atoms with E-state index in [0.717, 1.165) is 0 Å². The lowest BCUT2D eigenvalue weighted by molar-refractivity contribution is -0.148. The van der Waals surface area contributed by atoms with Crippen molar-refractivity contribution in [1.29, 1.82) is 0 Å². The van der Waals surface area contributed by atoms with E-state index in [2.05, 4.69) is 11.9 Å². The number of hydrogen-bond donors (Lipinski definition) is 3. The van der Waals surface area contributed by atoms with Crippen molar-refractivity contribution < 1.29 is 19.7 Å². The molecule has 0 aliphatic rings. The molecule has 5 nitrogen and oxygen atoms in total. The summed E-state index contributed by atoms with van der Waals surface area (Å²) >= 11 is 0. The molecule has 0 aliphatic carbocycles. The van der Waals surface area contributed by atoms with Gasteiger partial charge < -0.3 is 14.9 Å². The molecule has 0 aliphatic heterocycles. The summed E-state index contributed by atoms with van der Waals surface area (Å²) in [6, 6.07) is 3.98. The molecule has 0 aromatic heterocycles. The van der Waals surface area contributed by atoms with E-state index in [0.29, 0.717) is 12.1 Å². The lowest BCUT2D eigenvalue weighted by atomic mass is 9.91. The molecule has 1 aromatic carbocycles. The summed E-state index contributed by atoms with van der Waals surface area (Å²) < 4.78 is 4.75. The SMILES string of the molecule is C=CCNC(C)(C(=O)OC)c1cc(O)cc(O)c1. The van der Waals surface area contributed by atoms with Crippen molar-refractivity contribution >= 4 is 5.97 Å². The van der Waals surface area contributed by atoms with Crippen molar-refractivity contribution in [1.82, 2.24) is 5.32 Å². The van der Waals surface area contributed by atoms with Gasteiger partial charge in [0.2, 0.25) is 0 Å². The van der Waals surface area contributed by atoms with E-state index in [9.17, 15) is 15.0 Å². The minimum Gasteiger partial charge on any atom is -0.508 e. The molecule has 0 spiro atoms. The fourth-order valence-corrected chi connectivity index (χ4v) is 1.66. The summed E-state index contributed by atoms with van der Waals surface area (Å²) in [6.45, 7) is 5.55. The Labute approximate surface area is 106 Å². The van der Waals surface area contributed by atoms with Gasteiger partial charge in [-0.1, -0.05) is 6.08 Å². The number of phenolic OH excluding ortho intramolecular Hbond substituents is 2. The Hall–Kier alpha value is -2.01. The number of nitrogens with one attached hydrogen (secondary N) is 1. The van der Waals surface area contributed by atoms with Gasteiger partial charge in [0.15, 0.2) is 0 Å². The number of carbonyl (C=O) groups is 1. The normalized spacial score (nSPS) is 13.7. The second-order valence-corrected chi connectivity index (χ2v) is 4.02. The zero-order chi connectivity index (χ0) is 13.8. The fraction of sp³-hybridized carbons (Fsp3) is 0.308. The zero-order valence-corrected chi connectivity index (χ0v) is 10.4. The third-order valence-electron chi connectivity index (χ3n) is 2.67. The van der Waals surface area contributed by atoms with Crippen LogP contribution in [-0.2, 0) is 15.1 Å². The molecule has 0 bridgehead atoms. The highest BCUT2D eigenvalue weighted by Gasteiger charge is 2.36. The van der Waals surface area contributed by atoms with Crippen LogP contribution in [0.4, 0.5) is 0 Å². The minimum atomic E-state index is -1.17. The molecule has 0 radical (unpaired) electrons. The predicted molar refractivity (Wildman–Crippen MR) is 67.3 cm³/mol. The summed E-state index contributed by atoms with van der Waals surface area (Å²) in [5.74, 6) is -0.768. The van der Waals surface area contributed by atoms with E-state index in [1.54, 1.807) is 13.0 Å². The summed E-state index contributed by atoms with van der Waals surface area (Å²) in [4.78, 5) is 11.9. The number of esters is 1. The number of rotatable bonds is 5. The van der Waals surface area contributed by atoms with Gasteiger partial charge >= 0.3 is 5.97 Å². The first-order valence-electron chi connectivity index (χ1n) is 5.42. The van der Waals surface area contributed by atoms with Gasteiger partial charge in [0.25, 0.3) is 0 Å². The van der Waals surface area contributed by atoms with Crippen molar-refractivity contribution in [3.8, 4) is 11.5 Å². The largest absolute Gasteiger partial charge is 0.508 e. The summed E-state index contributed by atoms with van der Waals surface area (Å²) in [5.41, 5.74) is -0.757. The third-order valence-corrected chi connectivity index (χ3v) is 2.67. The van der Waals surface area contributed by atoms with Gasteiger partial charge in [-0.25, -0.2) is 4.79 Å². The number of aromatic hydroxyl groups is 2. The highest BCUT2D eigenvalue weighted by atomic mass is 16.5. The molecule has 0 fully saturated rings. The average Bonchev–Trinajstić information content (AvgIpc) is 2.33. The molecular formula is C13H17NO4. The van der Waals surface area contributed by atoms with E-state index in [4.69, 9.17) is 4.74 Å². The molecule has 1 atom stereocenters. The van der Waals surface area contributed by atoms with Crippen molar-refractivity contribution in [3.05, 3.63) is 36.4 Å². The van der Waals surface area contributed by atoms with Gasteiger partial charge in [-0.05, 0) is 24.6 Å². The Morgan fingerprint density at radius 1 is 1.44 bits per heavy atom. The van der Waals surface area contributed by atoms with Crippen LogP contribution in [0.1, 0.15) is 12.5 Å². The van der Waals surface area contributed by atoms with Crippen molar-refractivity contribution in [2.75, 3.05) is 13.7 Å². The first-order chi connectivity index (χ1) is 8.43. The van der Waals surface area contributed by atoms with E-state index in [1.807, 2.05) is 0 Å². The second kappa shape index (κ2) is 5.55. The van der Waals surface area contributed by atoms with Gasteiger partial charge in [-0.15, -0.1) is 6.58 Å². The van der Waals surface area contributed by atoms with E-state index >= 15 is 0 Å². The van der Waals surface area contributed by atoms with Gasteiger partial charge in [-0.3, -0.25) is 5.32 Å². The van der Waals surface area contributed by atoms with Crippen LogP contribution in [0.25, 0.3) is 0 Å². The van der Waals surface area contributed by atoms with Crippen LogP contribution >= 0.6 is 0 Å². The Bertz CT molecular complexity index is 438. The van der Waals surface area contributed by atoms with Gasteiger partial charge in [0.1, 0.15) is 17.0 Å². The lowest BCUT2D eigenvalue weighted by Crippen LogP contribution is -2.47. The fourth-order valence-electron chi connectivity index (χ4n) is 1.66. The van der Waals surface area contributed by atoms with E-state index in [1.165, 1.54) is 25.3 Å². The minimum absolute atomic E-state index is 0.125. The second-order valence-electron chi connectivity index (χ2n) is 4.02. The van der Waals surface area contributed by atoms with Crippen LogP contribution in [0, 0.1) is 0 Å². The molecule has 1 aromatic rings. The number of methoxy groups -OCH3 is 1. The van der Waals surface area contributed by atoms with Crippen LogP contribution in [0.2, 0.25) is 0 Å². The monoisotopic (exact) mass is 251 g/mol. The molecule has 5 heteroatoms. The van der Waals surface area contributed by atoms with Crippen LogP contribution in [0.3, 0.4) is 0 Å². The number of benzene rings is 1. The number of ether oxygens (including phenoxy) is 1. The van der Waals surface area contributed by atoms with Crippen molar-refractivity contribution in [3.63, 3.8) is 0 Å². The average molecular weight is 251 g/mol. The van der Waals surface area contributed by atoms with Gasteiger partial charge in [0, 0.05) is 12.6 Å². The highest BCUT2D eigenvalue weighted by Crippen LogP contribution is 2.29. The van der Waals surface area contributed by atoms with Crippen molar-refractivity contribution in [2.45, 2.75) is 12.5 Å². The molecular weight excluding hydrogens is 234 g/mol. The molecule has 1 unspecified atom stereocenters. The molecule has 18 heavy (non-hydrogen) atoms. The molecule has 3 N–H and O–H groups in total. The van der Waals surface area contributed by atoms with Crippen LogP contribution in [-0.4, -0.2) is 29.8 Å². The van der Waals surface area contributed by atoms with Crippen LogP contribution in [0.5, 0.6) is 11.5 Å². The smallest absolute Gasteiger partial charge is 0.330 e. The van der Waals surface area contributed by atoms with E-state index in [-0.39, 0.29) is 11.5 Å². The Morgan fingerprint density at radius 2 is 2.00 bits per heavy atom. The number of phenols is 2. The molecule has 0 heterocycles. The van der Waals surface area contributed by atoms with E-state index < -0.39 is 11.5 Å². The standard InChI is InChI=1S/C13H17NO4/c1-4-5-14-13(2,12(17)18-3)9-6-10(15)8-11(16)7-9/h4,6-8,14-16H,1,5H2,2-3H3. The topological polar surface area (TPSA) is 78.8 Å². The molecule has 0 amide bonds. The maximum atomic E-state index is 11.9. The Morgan fingerprint density at radius 3 is 2.44 bits per heavy atom. The predicted octanol–water partition coefficient (Wildman–Crippen LogP) is 1.26. The number of carbonyl (C=O) groups excluding carboxylic acids is 1. The van der Waals surface area contributed by atoms with Gasteiger partial charge in [0.05, 0.1) is 7.11 Å². The third kappa shape index (κ3) is 2.81. The molecule has 1 rings (SSSR count). The summed E-state index contributed by atoms with van der Waals surface area (Å²) in [5, 5.41) is 21.9. The van der Waals surface area contributed by atoms with Crippen LogP contribution < -0.4 is 5.32 Å². The lowest BCUT2D eigenvalue weighted by Gasteiger charge is -2.28. The Balaban J connectivity index is 3.23. The Kier molecular flexibility index (Phi) is 4.33. The van der Waals surface area contributed by atoms with Crippen molar-refractivity contribution in [2.24, 2.45) is 0 Å². The zero-order valence-electron chi connectivity index (χ0n) is 10.4. The highest BCUT2D eigenvalue weighted by molar-refractivity contribution is 5.82. The summed E-state index contributed by atoms with van der Waals surface area (Å²) in [7, 11) is 1.28. The maximum Gasteiger partial charge on any atom is 0.330 e. The quantitative estimate of drug-likeness (QED) is 0.542. The van der Waals surface area contributed by atoms with Crippen LogP contribution in [0.15, 0.2) is 30.9 Å². The molecule has 0 saturated carbocycles. The number of hydrogen-bond acceptors (Lipinski definition) is 5. The first kappa shape index (κ1) is 14.1. The summed E-state index contributed by atoms with van der Waals surface area (Å²) in [6.07, 6.45) is 1.60.